The van der Waals surface area contributed by atoms with Crippen LogP contribution in [-0.4, -0.2) is 55.4 Å². The lowest BCUT2D eigenvalue weighted by atomic mass is 10.1. The topological polar surface area (TPSA) is 123 Å². The lowest BCUT2D eigenvalue weighted by Gasteiger charge is -2.29. The maximum Gasteiger partial charge on any atom is 0.407 e. The number of amides is 2. The molecule has 10 nitrogen and oxygen atoms in total. The molecule has 2 amide bonds. The molecule has 0 spiro atoms. The molecule has 0 saturated carbocycles. The van der Waals surface area contributed by atoms with Crippen molar-refractivity contribution in [3.63, 3.8) is 0 Å². The summed E-state index contributed by atoms with van der Waals surface area (Å²) in [7, 11) is 1.43. The Balaban J connectivity index is 2.31. The summed E-state index contributed by atoms with van der Waals surface area (Å²) in [4.78, 5) is 36.9. The van der Waals surface area contributed by atoms with Gasteiger partial charge in [0.25, 0.3) is 5.69 Å². The second-order valence-electron chi connectivity index (χ2n) is 8.21. The van der Waals surface area contributed by atoms with Crippen molar-refractivity contribution in [2.45, 2.75) is 51.7 Å². The van der Waals surface area contributed by atoms with Gasteiger partial charge in [-0.3, -0.25) is 14.9 Å². The number of carbonyl (C=O) groups is 2. The SMILES string of the molecule is COCCC(=O)Nc1c(F)ccc([N+](=O)[O-])c1N1CCC[C@H]1CNC(=O)OC(C)(C)C. The predicted molar refractivity (Wildman–Crippen MR) is 113 cm³/mol. The molecule has 1 atom stereocenters. The minimum absolute atomic E-state index is 0.00995. The van der Waals surface area contributed by atoms with Crippen LogP contribution in [0.25, 0.3) is 0 Å². The summed E-state index contributed by atoms with van der Waals surface area (Å²) in [5.41, 5.74) is -1.25. The maximum absolute atomic E-state index is 14.7. The van der Waals surface area contributed by atoms with Crippen LogP contribution in [0.1, 0.15) is 40.0 Å². The first kappa shape index (κ1) is 24.3. The Kier molecular flexibility index (Phi) is 8.14. The number of benzene rings is 1. The van der Waals surface area contributed by atoms with Crippen LogP contribution < -0.4 is 15.5 Å². The Hall–Kier alpha value is -2.95. The quantitative estimate of drug-likeness (QED) is 0.470. The van der Waals surface area contributed by atoms with E-state index in [1.54, 1.807) is 25.7 Å². The van der Waals surface area contributed by atoms with Crippen molar-refractivity contribution in [1.82, 2.24) is 5.32 Å². The maximum atomic E-state index is 14.7. The zero-order valence-electron chi connectivity index (χ0n) is 18.2. The van der Waals surface area contributed by atoms with E-state index in [1.807, 2.05) is 0 Å². The number of halogens is 1. The van der Waals surface area contributed by atoms with Crippen molar-refractivity contribution in [2.75, 3.05) is 37.0 Å². The molecule has 2 N–H and O–H groups in total. The molecule has 1 aliphatic heterocycles. The lowest BCUT2D eigenvalue weighted by molar-refractivity contribution is -0.384. The first-order valence-electron chi connectivity index (χ1n) is 10.0. The van der Waals surface area contributed by atoms with E-state index in [9.17, 15) is 24.1 Å². The van der Waals surface area contributed by atoms with Gasteiger partial charge in [0.2, 0.25) is 5.91 Å². The van der Waals surface area contributed by atoms with Crippen LogP contribution in [0.2, 0.25) is 0 Å². The van der Waals surface area contributed by atoms with Crippen LogP contribution in [0.15, 0.2) is 12.1 Å². The van der Waals surface area contributed by atoms with Crippen LogP contribution in [0.3, 0.4) is 0 Å². The molecule has 1 aromatic carbocycles. The smallest absolute Gasteiger partial charge is 0.407 e. The van der Waals surface area contributed by atoms with E-state index in [4.69, 9.17) is 9.47 Å². The third-order valence-electron chi connectivity index (χ3n) is 4.65. The molecule has 0 bridgehead atoms. The fraction of sp³-hybridized carbons (Fsp3) is 0.600. The zero-order valence-corrected chi connectivity index (χ0v) is 18.2. The molecule has 1 aromatic rings. The molecular weight excluding hydrogens is 411 g/mol. The van der Waals surface area contributed by atoms with Crippen LogP contribution >= 0.6 is 0 Å². The standard InChI is InChI=1S/C20H29FN4O6/c1-20(2,3)31-19(27)22-12-13-6-5-10-24(13)18-15(25(28)29)8-7-14(21)17(18)23-16(26)9-11-30-4/h7-8,13H,5-6,9-12H2,1-4H3,(H,22,27)(H,23,26)/t13-/m0/s1. The minimum Gasteiger partial charge on any atom is -0.444 e. The molecular formula is C20H29FN4O6. The van der Waals surface area contributed by atoms with Crippen LogP contribution in [0, 0.1) is 15.9 Å². The molecule has 1 fully saturated rings. The van der Waals surface area contributed by atoms with Gasteiger partial charge in [0.1, 0.15) is 22.8 Å². The van der Waals surface area contributed by atoms with Crippen LogP contribution in [-0.2, 0) is 14.3 Å². The Morgan fingerprint density at radius 3 is 2.68 bits per heavy atom. The van der Waals surface area contributed by atoms with Gasteiger partial charge < -0.3 is 25.0 Å². The predicted octanol–water partition coefficient (Wildman–Crippen LogP) is 3.20. The van der Waals surface area contributed by atoms with E-state index < -0.39 is 28.3 Å². The number of alkyl carbamates (subject to hydrolysis) is 1. The van der Waals surface area contributed by atoms with E-state index in [1.165, 1.54) is 7.11 Å². The molecule has 172 valence electrons. The number of ether oxygens (including phenoxy) is 2. The molecule has 1 aliphatic rings. The molecule has 31 heavy (non-hydrogen) atoms. The Bertz CT molecular complexity index is 827. The first-order chi connectivity index (χ1) is 14.5. The van der Waals surface area contributed by atoms with E-state index >= 15 is 0 Å². The number of anilines is 2. The zero-order chi connectivity index (χ0) is 23.2. The summed E-state index contributed by atoms with van der Waals surface area (Å²) < 4.78 is 24.8. The third kappa shape index (κ3) is 6.78. The normalized spacial score (nSPS) is 16.2. The molecule has 1 saturated heterocycles. The van der Waals surface area contributed by atoms with Crippen LogP contribution in [0.5, 0.6) is 0 Å². The van der Waals surface area contributed by atoms with Gasteiger partial charge in [0, 0.05) is 32.3 Å². The number of methoxy groups -OCH3 is 1. The molecule has 1 heterocycles. The minimum atomic E-state index is -0.780. The van der Waals surface area contributed by atoms with Gasteiger partial charge in [-0.05, 0) is 39.7 Å². The first-order valence-corrected chi connectivity index (χ1v) is 10.0. The number of hydrogen-bond acceptors (Lipinski definition) is 7. The van der Waals surface area contributed by atoms with Gasteiger partial charge in [-0.15, -0.1) is 0 Å². The van der Waals surface area contributed by atoms with E-state index in [0.717, 1.165) is 12.1 Å². The monoisotopic (exact) mass is 440 g/mol. The van der Waals surface area contributed by atoms with E-state index in [-0.39, 0.29) is 42.7 Å². The van der Waals surface area contributed by atoms with E-state index in [2.05, 4.69) is 10.6 Å². The number of hydrogen-bond donors (Lipinski definition) is 2. The summed E-state index contributed by atoms with van der Waals surface area (Å²) in [5, 5.41) is 16.8. The highest BCUT2D eigenvalue weighted by molar-refractivity contribution is 5.96. The average molecular weight is 440 g/mol. The lowest BCUT2D eigenvalue weighted by Crippen LogP contribution is -2.42. The highest BCUT2D eigenvalue weighted by atomic mass is 19.1. The highest BCUT2D eigenvalue weighted by Gasteiger charge is 2.34. The van der Waals surface area contributed by atoms with Gasteiger partial charge in [-0.1, -0.05) is 0 Å². The number of nitrogens with one attached hydrogen (secondary N) is 2. The Labute approximate surface area is 180 Å². The van der Waals surface area contributed by atoms with Crippen molar-refractivity contribution in [3.8, 4) is 0 Å². The molecule has 0 unspecified atom stereocenters. The van der Waals surface area contributed by atoms with Gasteiger partial charge >= 0.3 is 6.09 Å². The van der Waals surface area contributed by atoms with Crippen molar-refractivity contribution < 1.29 is 28.4 Å². The van der Waals surface area contributed by atoms with E-state index in [0.29, 0.717) is 19.4 Å². The Morgan fingerprint density at radius 1 is 1.35 bits per heavy atom. The summed E-state index contributed by atoms with van der Waals surface area (Å²) in [6, 6.07) is 1.70. The number of nitrogens with zero attached hydrogens (tertiary/aromatic N) is 2. The number of carbonyl (C=O) groups excluding carboxylic acids is 2. The Morgan fingerprint density at radius 2 is 2.06 bits per heavy atom. The largest absolute Gasteiger partial charge is 0.444 e. The molecule has 0 radical (unpaired) electrons. The number of rotatable bonds is 8. The average Bonchev–Trinajstić information content (AvgIpc) is 3.12. The fourth-order valence-electron chi connectivity index (χ4n) is 3.37. The second-order valence-corrected chi connectivity index (χ2v) is 8.21. The van der Waals surface area contributed by atoms with Crippen molar-refractivity contribution in [2.24, 2.45) is 0 Å². The van der Waals surface area contributed by atoms with Gasteiger partial charge in [-0.2, -0.15) is 0 Å². The highest BCUT2D eigenvalue weighted by Crippen LogP contribution is 2.41. The molecule has 2 rings (SSSR count). The van der Waals surface area contributed by atoms with Crippen LogP contribution in [0.4, 0.5) is 26.2 Å². The third-order valence-corrected chi connectivity index (χ3v) is 4.65. The van der Waals surface area contributed by atoms with Crippen molar-refractivity contribution in [1.29, 1.82) is 0 Å². The van der Waals surface area contributed by atoms with Gasteiger partial charge in [0.05, 0.1) is 18.0 Å². The van der Waals surface area contributed by atoms with Crippen molar-refractivity contribution >= 4 is 29.1 Å². The van der Waals surface area contributed by atoms with Gasteiger partial charge in [-0.25, -0.2) is 9.18 Å². The summed E-state index contributed by atoms with van der Waals surface area (Å²) in [6.07, 6.45) is 0.675. The summed E-state index contributed by atoms with van der Waals surface area (Å²) in [5.74, 6) is -1.30. The molecule has 11 heteroatoms. The fourth-order valence-corrected chi connectivity index (χ4v) is 3.37. The second kappa shape index (κ2) is 10.4. The molecule has 0 aromatic heterocycles. The molecule has 0 aliphatic carbocycles. The number of nitro groups is 1. The number of nitro benzene ring substituents is 1. The van der Waals surface area contributed by atoms with Crippen molar-refractivity contribution in [3.05, 3.63) is 28.1 Å². The van der Waals surface area contributed by atoms with Gasteiger partial charge in [0.15, 0.2) is 0 Å². The summed E-state index contributed by atoms with van der Waals surface area (Å²) in [6.45, 7) is 5.91. The summed E-state index contributed by atoms with van der Waals surface area (Å²) >= 11 is 0.